The average Bonchev–Trinajstić information content (AvgIpc) is 3.13. The number of carboxylic acid groups (broad SMARTS) is 1. The number of aliphatic carboxylic acids is 1. The highest BCUT2D eigenvalue weighted by Crippen LogP contribution is 2.37. The van der Waals surface area contributed by atoms with Gasteiger partial charge in [0, 0.05) is 28.9 Å². The number of anilines is 1. The number of hydrogen-bond acceptors (Lipinski definition) is 5. The van der Waals surface area contributed by atoms with Crippen molar-refractivity contribution >= 4 is 34.7 Å². The minimum Gasteiger partial charge on any atom is -0.475 e. The molecule has 35 heavy (non-hydrogen) atoms. The third-order valence-electron chi connectivity index (χ3n) is 5.72. The van der Waals surface area contributed by atoms with Crippen LogP contribution in [-0.4, -0.2) is 41.2 Å². The van der Waals surface area contributed by atoms with Gasteiger partial charge in [0.25, 0.3) is 5.91 Å². The van der Waals surface area contributed by atoms with Crippen LogP contribution in [0.5, 0.6) is 0 Å². The number of carbonyl (C=O) groups is 3. The van der Waals surface area contributed by atoms with E-state index in [-0.39, 0.29) is 18.0 Å². The first-order chi connectivity index (χ1) is 16.5. The lowest BCUT2D eigenvalue weighted by molar-refractivity contribution is -0.192. The highest BCUT2D eigenvalue weighted by molar-refractivity contribution is 6.36. The summed E-state index contributed by atoms with van der Waals surface area (Å²) in [5.74, 6) is -3.46. The molecule has 2 aromatic rings. The monoisotopic (exact) mass is 490 g/mol. The van der Waals surface area contributed by atoms with Crippen molar-refractivity contribution in [2.24, 2.45) is 11.5 Å². The van der Waals surface area contributed by atoms with Crippen molar-refractivity contribution in [2.75, 3.05) is 5.32 Å². The van der Waals surface area contributed by atoms with Crippen LogP contribution in [0, 0.1) is 0 Å². The average molecular weight is 490 g/mol. The topological polar surface area (TPSA) is 148 Å². The molecule has 2 aromatic carbocycles. The van der Waals surface area contributed by atoms with E-state index in [1.165, 1.54) is 0 Å². The summed E-state index contributed by atoms with van der Waals surface area (Å²) in [6.07, 6.45) is -1.20. The molecule has 1 heterocycles. The van der Waals surface area contributed by atoms with E-state index in [2.05, 4.69) is 10.6 Å². The summed E-state index contributed by atoms with van der Waals surface area (Å²) in [5, 5.41) is 13.6. The third-order valence-corrected chi connectivity index (χ3v) is 5.72. The van der Waals surface area contributed by atoms with Gasteiger partial charge in [-0.15, -0.1) is 0 Å². The Kier molecular flexibility index (Phi) is 7.80. The Bertz CT molecular complexity index is 1140. The normalized spacial score (nSPS) is 20.6. The zero-order chi connectivity index (χ0) is 25.8. The van der Waals surface area contributed by atoms with Gasteiger partial charge < -0.3 is 27.2 Å². The van der Waals surface area contributed by atoms with Crippen LogP contribution in [0.15, 0.2) is 48.5 Å². The molecule has 7 N–H and O–H groups in total. The standard InChI is InChI=1S/C22H24N4O2.C2HF3O2/c23-15-7-9-16(10-8-15)25-20(13-4-2-1-3-5-13)19-17-11-6-14(21(24)27)12-18(17)26-22(19)28;3-2(4,5)1(6)7/h1-6,11-12,15-16,25H,7-10,23H2,(H2,24,27)(H,26,28);(H,6,7). The quantitative estimate of drug-likeness (QED) is 0.416. The minimum atomic E-state index is -5.08. The number of fused-ring (bicyclic) bond motifs is 1. The fraction of sp³-hybridized carbons (Fsp3) is 0.292. The molecular weight excluding hydrogens is 465 g/mol. The maximum Gasteiger partial charge on any atom is 0.490 e. The first-order valence-corrected chi connectivity index (χ1v) is 10.8. The fourth-order valence-electron chi connectivity index (χ4n) is 3.95. The Hall–Kier alpha value is -3.86. The number of nitrogens with one attached hydrogen (secondary N) is 2. The number of hydrogen-bond donors (Lipinski definition) is 5. The molecule has 1 aliphatic carbocycles. The Balaban J connectivity index is 0.000000429. The summed E-state index contributed by atoms with van der Waals surface area (Å²) in [7, 11) is 0. The molecule has 0 radical (unpaired) electrons. The van der Waals surface area contributed by atoms with Crippen LogP contribution >= 0.6 is 0 Å². The smallest absolute Gasteiger partial charge is 0.475 e. The van der Waals surface area contributed by atoms with Crippen LogP contribution in [0.3, 0.4) is 0 Å². The van der Waals surface area contributed by atoms with E-state index in [0.717, 1.165) is 42.5 Å². The second-order valence-electron chi connectivity index (χ2n) is 8.25. The second-order valence-corrected chi connectivity index (χ2v) is 8.25. The van der Waals surface area contributed by atoms with Crippen LogP contribution in [0.1, 0.15) is 47.2 Å². The molecule has 2 aliphatic rings. The van der Waals surface area contributed by atoms with Gasteiger partial charge >= 0.3 is 12.1 Å². The maximum atomic E-state index is 12.9. The van der Waals surface area contributed by atoms with Crippen molar-refractivity contribution in [3.63, 3.8) is 0 Å². The van der Waals surface area contributed by atoms with Crippen molar-refractivity contribution in [2.45, 2.75) is 43.9 Å². The number of rotatable bonds is 4. The lowest BCUT2D eigenvalue weighted by Crippen LogP contribution is -2.37. The van der Waals surface area contributed by atoms with Crippen molar-refractivity contribution in [3.05, 3.63) is 65.2 Å². The van der Waals surface area contributed by atoms with Crippen LogP contribution in [0.4, 0.5) is 18.9 Å². The van der Waals surface area contributed by atoms with Gasteiger partial charge in [0.05, 0.1) is 11.3 Å². The molecule has 1 saturated carbocycles. The Morgan fingerprint density at radius 2 is 1.60 bits per heavy atom. The molecular formula is C24H25F3N4O4. The van der Waals surface area contributed by atoms with Gasteiger partial charge in [-0.2, -0.15) is 13.2 Å². The molecule has 2 amide bonds. The molecule has 0 saturated heterocycles. The van der Waals surface area contributed by atoms with Crippen LogP contribution in [-0.2, 0) is 9.59 Å². The van der Waals surface area contributed by atoms with Gasteiger partial charge in [-0.05, 0) is 43.4 Å². The highest BCUT2D eigenvalue weighted by atomic mass is 19.4. The number of carboxylic acids is 1. The van der Waals surface area contributed by atoms with Crippen molar-refractivity contribution < 1.29 is 32.7 Å². The van der Waals surface area contributed by atoms with E-state index in [1.807, 2.05) is 30.3 Å². The van der Waals surface area contributed by atoms with E-state index in [0.29, 0.717) is 16.8 Å². The number of alkyl halides is 3. The highest BCUT2D eigenvalue weighted by Gasteiger charge is 2.38. The van der Waals surface area contributed by atoms with Crippen LogP contribution in [0.25, 0.3) is 11.3 Å². The summed E-state index contributed by atoms with van der Waals surface area (Å²) in [4.78, 5) is 33.3. The number of amides is 2. The van der Waals surface area contributed by atoms with Gasteiger partial charge in [-0.1, -0.05) is 36.4 Å². The van der Waals surface area contributed by atoms with Crippen molar-refractivity contribution in [1.29, 1.82) is 0 Å². The molecule has 0 bridgehead atoms. The Labute approximate surface area is 199 Å². The van der Waals surface area contributed by atoms with E-state index < -0.39 is 18.1 Å². The van der Waals surface area contributed by atoms with Gasteiger partial charge in [0.15, 0.2) is 0 Å². The minimum absolute atomic E-state index is 0.185. The van der Waals surface area contributed by atoms with E-state index >= 15 is 0 Å². The van der Waals surface area contributed by atoms with Crippen molar-refractivity contribution in [1.82, 2.24) is 5.32 Å². The summed E-state index contributed by atoms with van der Waals surface area (Å²) in [6, 6.07) is 15.4. The number of halogens is 3. The molecule has 11 heteroatoms. The predicted molar refractivity (Wildman–Crippen MR) is 124 cm³/mol. The molecule has 1 aliphatic heterocycles. The van der Waals surface area contributed by atoms with E-state index in [4.69, 9.17) is 21.4 Å². The predicted octanol–water partition coefficient (Wildman–Crippen LogP) is 3.10. The second kappa shape index (κ2) is 10.6. The molecule has 0 aromatic heterocycles. The summed E-state index contributed by atoms with van der Waals surface area (Å²) in [5.41, 5.74) is 15.5. The molecule has 0 unspecified atom stereocenters. The van der Waals surface area contributed by atoms with Gasteiger partial charge in [-0.25, -0.2) is 4.79 Å². The largest absolute Gasteiger partial charge is 0.490 e. The SMILES string of the molecule is NC(=O)c1ccc2c(c1)NC(=O)C2=C(NC1CCC(N)CC1)c1ccccc1.O=C(O)C(F)(F)F. The zero-order valence-electron chi connectivity index (χ0n) is 18.6. The third kappa shape index (κ3) is 6.38. The molecule has 186 valence electrons. The van der Waals surface area contributed by atoms with Crippen LogP contribution in [0.2, 0.25) is 0 Å². The zero-order valence-corrected chi connectivity index (χ0v) is 18.6. The molecule has 0 spiro atoms. The van der Waals surface area contributed by atoms with Gasteiger partial charge in [-0.3, -0.25) is 9.59 Å². The van der Waals surface area contributed by atoms with Crippen molar-refractivity contribution in [3.8, 4) is 0 Å². The first-order valence-electron chi connectivity index (χ1n) is 10.8. The summed E-state index contributed by atoms with van der Waals surface area (Å²) in [6.45, 7) is 0. The number of nitrogens with two attached hydrogens (primary N) is 2. The first kappa shape index (κ1) is 25.8. The number of benzene rings is 2. The Morgan fingerprint density at radius 1 is 1.00 bits per heavy atom. The lowest BCUT2D eigenvalue weighted by Gasteiger charge is -2.29. The molecule has 0 atom stereocenters. The van der Waals surface area contributed by atoms with E-state index in [1.54, 1.807) is 18.2 Å². The van der Waals surface area contributed by atoms with E-state index in [9.17, 15) is 22.8 Å². The summed E-state index contributed by atoms with van der Waals surface area (Å²) < 4.78 is 31.7. The van der Waals surface area contributed by atoms with Gasteiger partial charge in [0.2, 0.25) is 5.91 Å². The maximum absolute atomic E-state index is 12.9. The number of primary amides is 1. The van der Waals surface area contributed by atoms with Gasteiger partial charge in [0.1, 0.15) is 0 Å². The molecule has 8 nitrogen and oxygen atoms in total. The summed E-state index contributed by atoms with van der Waals surface area (Å²) >= 11 is 0. The molecule has 1 fully saturated rings. The lowest BCUT2D eigenvalue weighted by atomic mass is 9.90. The fourth-order valence-corrected chi connectivity index (χ4v) is 3.95. The van der Waals surface area contributed by atoms with Crippen LogP contribution < -0.4 is 22.1 Å². The number of carbonyl (C=O) groups excluding carboxylic acids is 2. The Morgan fingerprint density at radius 3 is 2.14 bits per heavy atom. The molecule has 4 rings (SSSR count).